The van der Waals surface area contributed by atoms with Gasteiger partial charge in [0.2, 0.25) is 20.0 Å². The molecule has 0 spiro atoms. The van der Waals surface area contributed by atoms with Gasteiger partial charge in [0.05, 0.1) is 10.6 Å². The van der Waals surface area contributed by atoms with Gasteiger partial charge in [-0.1, -0.05) is 23.8 Å². The summed E-state index contributed by atoms with van der Waals surface area (Å²) in [5.41, 5.74) is 2.72. The van der Waals surface area contributed by atoms with Crippen LogP contribution in [0.15, 0.2) is 58.8 Å². The molecule has 0 fully saturated rings. The second-order valence-electron chi connectivity index (χ2n) is 6.86. The third-order valence-electron chi connectivity index (χ3n) is 4.43. The number of amides is 1. The number of nitrogens with one attached hydrogen (secondary N) is 3. The minimum atomic E-state index is -4.03. The molecule has 0 radical (unpaired) electrons. The van der Waals surface area contributed by atoms with Crippen molar-refractivity contribution in [2.24, 2.45) is 0 Å². The van der Waals surface area contributed by atoms with E-state index in [0.717, 1.165) is 15.6 Å². The highest BCUT2D eigenvalue weighted by molar-refractivity contribution is 7.89. The van der Waals surface area contributed by atoms with E-state index in [9.17, 15) is 21.6 Å². The largest absolute Gasteiger partial charge is 0.289 e. The van der Waals surface area contributed by atoms with Gasteiger partial charge in [0.15, 0.2) is 0 Å². The summed E-state index contributed by atoms with van der Waals surface area (Å²) in [4.78, 5) is 11.9. The molecule has 0 aliphatic rings. The summed E-state index contributed by atoms with van der Waals surface area (Å²) in [5.74, 6) is -1.51. The average molecular weight is 484 g/mol. The molecule has 31 heavy (non-hydrogen) atoms. The third-order valence-corrected chi connectivity index (χ3v) is 8.13. The Bertz CT molecular complexity index is 1280. The molecule has 1 heterocycles. The van der Waals surface area contributed by atoms with E-state index in [4.69, 9.17) is 5.21 Å². The maximum absolute atomic E-state index is 12.6. The van der Waals surface area contributed by atoms with Crippen molar-refractivity contribution in [3.05, 3.63) is 65.0 Å². The Morgan fingerprint density at radius 3 is 2.45 bits per heavy atom. The summed E-state index contributed by atoms with van der Waals surface area (Å²) >= 11 is 1.53. The number of sulfonamides is 2. The third kappa shape index (κ3) is 6.09. The van der Waals surface area contributed by atoms with Gasteiger partial charge in [-0.05, 0) is 53.6 Å². The zero-order valence-corrected chi connectivity index (χ0v) is 18.9. The molecule has 0 unspecified atom stereocenters. The van der Waals surface area contributed by atoms with Crippen molar-refractivity contribution in [2.45, 2.75) is 23.6 Å². The molecule has 9 nitrogen and oxygen atoms in total. The summed E-state index contributed by atoms with van der Waals surface area (Å²) in [5, 5.41) is 11.7. The zero-order valence-electron chi connectivity index (χ0n) is 16.4. The maximum atomic E-state index is 12.6. The van der Waals surface area contributed by atoms with Gasteiger partial charge in [-0.15, -0.1) is 11.3 Å². The number of rotatable bonds is 9. The summed E-state index contributed by atoms with van der Waals surface area (Å²) < 4.78 is 55.4. The van der Waals surface area contributed by atoms with E-state index in [1.807, 2.05) is 11.4 Å². The Labute approximate surface area is 184 Å². The SMILES string of the molecule is Cc1ccc(S(=O)(=O)NC[C@@H](NS(=O)(=O)Cc2ccc3sccc3c2)C(=O)NO)cc1. The summed E-state index contributed by atoms with van der Waals surface area (Å²) in [6, 6.07) is 11.5. The second-order valence-corrected chi connectivity index (χ2v) is 11.3. The first kappa shape index (κ1) is 23.3. The Morgan fingerprint density at radius 1 is 1.06 bits per heavy atom. The van der Waals surface area contributed by atoms with Gasteiger partial charge in [0.1, 0.15) is 6.04 Å². The Kier molecular flexibility index (Phi) is 7.09. The lowest BCUT2D eigenvalue weighted by Crippen LogP contribution is -2.52. The molecule has 0 aliphatic heterocycles. The predicted molar refractivity (Wildman–Crippen MR) is 118 cm³/mol. The van der Waals surface area contributed by atoms with Crippen LogP contribution in [0.1, 0.15) is 11.1 Å². The van der Waals surface area contributed by atoms with Crippen molar-refractivity contribution in [3.8, 4) is 0 Å². The number of carbonyl (C=O) groups excluding carboxylic acids is 1. The van der Waals surface area contributed by atoms with Gasteiger partial charge in [-0.2, -0.15) is 0 Å². The summed E-state index contributed by atoms with van der Waals surface area (Å²) in [6.45, 7) is 1.21. The van der Waals surface area contributed by atoms with Gasteiger partial charge in [0.25, 0.3) is 5.91 Å². The molecule has 12 heteroatoms. The molecular formula is C19H21N3O6S3. The van der Waals surface area contributed by atoms with Crippen LogP contribution >= 0.6 is 11.3 Å². The molecule has 4 N–H and O–H groups in total. The van der Waals surface area contributed by atoms with Gasteiger partial charge >= 0.3 is 0 Å². The van der Waals surface area contributed by atoms with Crippen molar-refractivity contribution in [1.82, 2.24) is 14.9 Å². The van der Waals surface area contributed by atoms with Crippen LogP contribution in [0.5, 0.6) is 0 Å². The van der Waals surface area contributed by atoms with Crippen LogP contribution in [0.4, 0.5) is 0 Å². The van der Waals surface area contributed by atoms with Gasteiger partial charge in [0, 0.05) is 11.2 Å². The van der Waals surface area contributed by atoms with E-state index in [1.54, 1.807) is 37.3 Å². The van der Waals surface area contributed by atoms with E-state index in [2.05, 4.69) is 9.44 Å². The number of fused-ring (bicyclic) bond motifs is 1. The fourth-order valence-corrected chi connectivity index (χ4v) is 5.99. The number of hydrogen-bond donors (Lipinski definition) is 4. The Morgan fingerprint density at radius 2 is 1.77 bits per heavy atom. The molecule has 3 rings (SSSR count). The van der Waals surface area contributed by atoms with Crippen LogP contribution in [-0.2, 0) is 30.6 Å². The topological polar surface area (TPSA) is 142 Å². The molecule has 1 amide bonds. The minimum Gasteiger partial charge on any atom is -0.289 e. The molecular weight excluding hydrogens is 462 g/mol. The van der Waals surface area contributed by atoms with E-state index >= 15 is 0 Å². The van der Waals surface area contributed by atoms with E-state index < -0.39 is 44.3 Å². The molecule has 0 aliphatic carbocycles. The highest BCUT2D eigenvalue weighted by Crippen LogP contribution is 2.22. The van der Waals surface area contributed by atoms with Crippen molar-refractivity contribution in [2.75, 3.05) is 6.54 Å². The molecule has 2 aromatic carbocycles. The van der Waals surface area contributed by atoms with E-state index in [1.165, 1.54) is 28.9 Å². The summed E-state index contributed by atoms with van der Waals surface area (Å²) in [6.07, 6.45) is 0. The lowest BCUT2D eigenvalue weighted by Gasteiger charge is -2.18. The summed E-state index contributed by atoms with van der Waals surface area (Å²) in [7, 11) is -8.02. The van der Waals surface area contributed by atoms with Crippen LogP contribution in [0, 0.1) is 6.92 Å². The van der Waals surface area contributed by atoms with Crippen molar-refractivity contribution in [3.63, 3.8) is 0 Å². The molecule has 1 atom stereocenters. The van der Waals surface area contributed by atoms with E-state index in [0.29, 0.717) is 5.56 Å². The van der Waals surface area contributed by atoms with E-state index in [-0.39, 0.29) is 4.90 Å². The fourth-order valence-electron chi connectivity index (χ4n) is 2.84. The van der Waals surface area contributed by atoms with Crippen LogP contribution in [0.25, 0.3) is 10.1 Å². The molecule has 0 saturated carbocycles. The Balaban J connectivity index is 1.72. The van der Waals surface area contributed by atoms with Crippen molar-refractivity contribution in [1.29, 1.82) is 0 Å². The lowest BCUT2D eigenvalue weighted by molar-refractivity contribution is -0.130. The van der Waals surface area contributed by atoms with Crippen LogP contribution < -0.4 is 14.9 Å². The van der Waals surface area contributed by atoms with Crippen molar-refractivity contribution < 1.29 is 26.8 Å². The maximum Gasteiger partial charge on any atom is 0.262 e. The van der Waals surface area contributed by atoms with Gasteiger partial charge < -0.3 is 0 Å². The number of aryl methyl sites for hydroxylation is 1. The highest BCUT2D eigenvalue weighted by Gasteiger charge is 2.27. The standard InChI is InChI=1S/C19H21N3O6S3/c1-13-2-5-16(6-3-13)31(27,28)20-11-17(19(23)21-24)22-30(25,26)12-14-4-7-18-15(10-14)8-9-29-18/h2-10,17,20,22,24H,11-12H2,1H3,(H,21,23)/t17-/m1/s1. The smallest absolute Gasteiger partial charge is 0.262 e. The molecule has 1 aromatic heterocycles. The quantitative estimate of drug-likeness (QED) is 0.268. The molecule has 3 aromatic rings. The number of carbonyl (C=O) groups is 1. The van der Waals surface area contributed by atoms with Gasteiger partial charge in [-0.3, -0.25) is 10.0 Å². The number of hydrogen-bond acceptors (Lipinski definition) is 7. The van der Waals surface area contributed by atoms with Crippen molar-refractivity contribution >= 4 is 47.4 Å². The Hall–Kier alpha value is -2.35. The average Bonchev–Trinajstić information content (AvgIpc) is 3.18. The highest BCUT2D eigenvalue weighted by atomic mass is 32.2. The molecule has 166 valence electrons. The molecule has 0 bridgehead atoms. The number of benzene rings is 2. The molecule has 0 saturated heterocycles. The fraction of sp³-hybridized carbons (Fsp3) is 0.211. The predicted octanol–water partition coefficient (Wildman–Crippen LogP) is 1.48. The number of hydroxylamine groups is 1. The monoisotopic (exact) mass is 483 g/mol. The van der Waals surface area contributed by atoms with Crippen LogP contribution in [0.3, 0.4) is 0 Å². The van der Waals surface area contributed by atoms with Crippen LogP contribution in [0.2, 0.25) is 0 Å². The first-order valence-corrected chi connectivity index (χ1v) is 13.1. The van der Waals surface area contributed by atoms with Crippen LogP contribution in [-0.4, -0.2) is 40.5 Å². The van der Waals surface area contributed by atoms with Gasteiger partial charge in [-0.25, -0.2) is 31.8 Å². The second kappa shape index (κ2) is 9.42. The first-order valence-electron chi connectivity index (χ1n) is 9.06. The lowest BCUT2D eigenvalue weighted by atomic mass is 10.2. The zero-order chi connectivity index (χ0) is 22.6. The normalized spacial score (nSPS) is 13.2. The number of thiophene rings is 1. The first-order chi connectivity index (χ1) is 14.6. The minimum absolute atomic E-state index is 0.0341.